The van der Waals surface area contributed by atoms with Crippen molar-refractivity contribution in [3.05, 3.63) is 65.0 Å². The van der Waals surface area contributed by atoms with Gasteiger partial charge in [-0.15, -0.1) is 0 Å². The molecule has 0 atom stereocenters. The molecular formula is C27H33NO4. The van der Waals surface area contributed by atoms with E-state index >= 15 is 0 Å². The molecule has 0 fully saturated rings. The maximum atomic E-state index is 10.9. The lowest BCUT2D eigenvalue weighted by Gasteiger charge is -2.27. The largest absolute Gasteiger partial charge is 0.507 e. The van der Waals surface area contributed by atoms with Gasteiger partial charge in [0.25, 0.3) is 0 Å². The SMILES string of the molecule is CC(C)(C)c1cc(-c2nc(CCCOc3ccc(C=O)cc3)co2)cc(C(C)(C)C)c1O. The van der Waals surface area contributed by atoms with Crippen molar-refractivity contribution in [2.45, 2.75) is 65.2 Å². The minimum Gasteiger partial charge on any atom is -0.507 e. The fourth-order valence-electron chi connectivity index (χ4n) is 3.54. The molecule has 1 aromatic heterocycles. The van der Waals surface area contributed by atoms with Gasteiger partial charge in [0, 0.05) is 22.3 Å². The number of aromatic nitrogens is 1. The number of phenolic OH excluding ortho intramolecular Hbond substituents is 1. The smallest absolute Gasteiger partial charge is 0.226 e. The second-order valence-electron chi connectivity index (χ2n) is 10.2. The standard InChI is InChI=1S/C27H33NO4/c1-26(2,3)22-14-19(15-23(24(22)30)27(4,5)6)25-28-20(17-32-25)8-7-13-31-21-11-9-18(16-29)10-12-21/h9-12,14-17,30H,7-8,13H2,1-6H3. The summed E-state index contributed by atoms with van der Waals surface area (Å²) in [6.07, 6.45) is 4.02. The highest BCUT2D eigenvalue weighted by molar-refractivity contribution is 5.74. The second kappa shape index (κ2) is 9.19. The van der Waals surface area contributed by atoms with Crippen LogP contribution in [0.15, 0.2) is 47.1 Å². The number of rotatable bonds is 7. The molecule has 0 radical (unpaired) electrons. The van der Waals surface area contributed by atoms with Crippen molar-refractivity contribution in [2.24, 2.45) is 0 Å². The van der Waals surface area contributed by atoms with Crippen LogP contribution in [0.1, 0.15) is 75.1 Å². The van der Waals surface area contributed by atoms with E-state index in [4.69, 9.17) is 9.15 Å². The second-order valence-corrected chi connectivity index (χ2v) is 10.2. The van der Waals surface area contributed by atoms with Crippen LogP contribution in [-0.4, -0.2) is 23.0 Å². The van der Waals surface area contributed by atoms with Crippen molar-refractivity contribution in [3.63, 3.8) is 0 Å². The number of oxazole rings is 1. The van der Waals surface area contributed by atoms with Crippen molar-refractivity contribution >= 4 is 6.29 Å². The number of ether oxygens (including phenoxy) is 1. The van der Waals surface area contributed by atoms with E-state index in [0.29, 0.717) is 23.8 Å². The Morgan fingerprint density at radius 1 is 1.00 bits per heavy atom. The molecule has 0 unspecified atom stereocenters. The van der Waals surface area contributed by atoms with E-state index in [2.05, 4.69) is 46.5 Å². The molecule has 0 saturated carbocycles. The number of aromatic hydroxyl groups is 1. The molecule has 0 aliphatic heterocycles. The summed E-state index contributed by atoms with van der Waals surface area (Å²) >= 11 is 0. The number of aryl methyl sites for hydroxylation is 1. The number of benzene rings is 2. The minimum absolute atomic E-state index is 0.212. The van der Waals surface area contributed by atoms with Gasteiger partial charge < -0.3 is 14.3 Å². The maximum Gasteiger partial charge on any atom is 0.226 e. The number of hydrogen-bond donors (Lipinski definition) is 1. The van der Waals surface area contributed by atoms with Crippen LogP contribution in [0.25, 0.3) is 11.5 Å². The van der Waals surface area contributed by atoms with Gasteiger partial charge >= 0.3 is 0 Å². The highest BCUT2D eigenvalue weighted by atomic mass is 16.5. The zero-order valence-electron chi connectivity index (χ0n) is 19.9. The van der Waals surface area contributed by atoms with Gasteiger partial charge in [0.05, 0.1) is 12.3 Å². The summed E-state index contributed by atoms with van der Waals surface area (Å²) in [5.41, 5.74) is 3.71. The molecule has 3 rings (SSSR count). The number of carbonyl (C=O) groups is 1. The lowest BCUT2D eigenvalue weighted by atomic mass is 9.78. The van der Waals surface area contributed by atoms with Gasteiger partial charge in [-0.2, -0.15) is 0 Å². The number of nitrogens with zero attached hydrogens (tertiary/aromatic N) is 1. The first-order valence-corrected chi connectivity index (χ1v) is 11.0. The summed E-state index contributed by atoms with van der Waals surface area (Å²) in [6, 6.07) is 11.0. The molecule has 1 heterocycles. The lowest BCUT2D eigenvalue weighted by Crippen LogP contribution is -2.17. The van der Waals surface area contributed by atoms with Crippen molar-refractivity contribution < 1.29 is 19.1 Å². The van der Waals surface area contributed by atoms with Crippen molar-refractivity contribution in [3.8, 4) is 23.0 Å². The number of phenols is 1. The maximum absolute atomic E-state index is 10.9. The normalized spacial score (nSPS) is 12.1. The van der Waals surface area contributed by atoms with E-state index < -0.39 is 0 Å². The Morgan fingerprint density at radius 2 is 1.59 bits per heavy atom. The third-order valence-corrected chi connectivity index (χ3v) is 5.39. The van der Waals surface area contributed by atoms with Crippen molar-refractivity contribution in [1.29, 1.82) is 0 Å². The summed E-state index contributed by atoms with van der Waals surface area (Å²) in [4.78, 5) is 15.4. The van der Waals surface area contributed by atoms with Gasteiger partial charge in [0.15, 0.2) is 0 Å². The molecule has 170 valence electrons. The van der Waals surface area contributed by atoms with Gasteiger partial charge in [-0.3, -0.25) is 4.79 Å². The van der Waals surface area contributed by atoms with Crippen LogP contribution >= 0.6 is 0 Å². The van der Waals surface area contributed by atoms with Gasteiger partial charge in [0.2, 0.25) is 5.89 Å². The minimum atomic E-state index is -0.212. The average Bonchev–Trinajstić information content (AvgIpc) is 3.19. The van der Waals surface area contributed by atoms with E-state index in [9.17, 15) is 9.90 Å². The van der Waals surface area contributed by atoms with E-state index in [1.807, 2.05) is 12.1 Å². The zero-order valence-corrected chi connectivity index (χ0v) is 19.9. The molecule has 0 aliphatic carbocycles. The Bertz CT molecular complexity index is 1030. The fourth-order valence-corrected chi connectivity index (χ4v) is 3.54. The van der Waals surface area contributed by atoms with Gasteiger partial charge in [-0.25, -0.2) is 4.98 Å². The number of carbonyl (C=O) groups excluding carboxylic acids is 1. The first-order chi connectivity index (χ1) is 15.0. The molecule has 0 saturated heterocycles. The molecular weight excluding hydrogens is 402 g/mol. The Balaban J connectivity index is 1.72. The monoisotopic (exact) mass is 435 g/mol. The predicted molar refractivity (Wildman–Crippen MR) is 127 cm³/mol. The molecule has 0 amide bonds. The predicted octanol–water partition coefficient (Wildman–Crippen LogP) is 6.47. The van der Waals surface area contributed by atoms with E-state index in [-0.39, 0.29) is 10.8 Å². The molecule has 0 spiro atoms. The van der Waals surface area contributed by atoms with Gasteiger partial charge in [-0.05, 0) is 60.1 Å². The molecule has 0 aliphatic rings. The van der Waals surface area contributed by atoms with Crippen LogP contribution < -0.4 is 4.74 Å². The molecule has 5 heteroatoms. The molecule has 1 N–H and O–H groups in total. The Labute approximate surface area is 190 Å². The molecule has 3 aromatic rings. The third-order valence-electron chi connectivity index (χ3n) is 5.39. The Hall–Kier alpha value is -3.08. The lowest BCUT2D eigenvalue weighted by molar-refractivity contribution is 0.112. The van der Waals surface area contributed by atoms with Crippen LogP contribution in [-0.2, 0) is 17.3 Å². The first-order valence-electron chi connectivity index (χ1n) is 11.0. The Kier molecular flexibility index (Phi) is 6.77. The van der Waals surface area contributed by atoms with Gasteiger partial charge in [-0.1, -0.05) is 41.5 Å². The summed E-state index contributed by atoms with van der Waals surface area (Å²) < 4.78 is 11.5. The van der Waals surface area contributed by atoms with Gasteiger partial charge in [0.1, 0.15) is 24.0 Å². The van der Waals surface area contributed by atoms with Crippen LogP contribution in [0.3, 0.4) is 0 Å². The summed E-state index contributed by atoms with van der Waals surface area (Å²) in [5.74, 6) is 1.64. The molecule has 32 heavy (non-hydrogen) atoms. The van der Waals surface area contributed by atoms with Crippen LogP contribution in [0.4, 0.5) is 0 Å². The van der Waals surface area contributed by atoms with Crippen molar-refractivity contribution in [2.75, 3.05) is 6.61 Å². The number of aldehydes is 1. The summed E-state index contributed by atoms with van der Waals surface area (Å²) in [5, 5.41) is 10.9. The summed E-state index contributed by atoms with van der Waals surface area (Å²) in [6.45, 7) is 13.1. The highest BCUT2D eigenvalue weighted by Crippen LogP contribution is 2.41. The molecule has 2 aromatic carbocycles. The van der Waals surface area contributed by atoms with Crippen LogP contribution in [0, 0.1) is 0 Å². The van der Waals surface area contributed by atoms with Crippen LogP contribution in [0.2, 0.25) is 0 Å². The van der Waals surface area contributed by atoms with E-state index in [0.717, 1.165) is 47.3 Å². The fraction of sp³-hybridized carbons (Fsp3) is 0.407. The molecule has 0 bridgehead atoms. The quantitative estimate of drug-likeness (QED) is 0.340. The first kappa shape index (κ1) is 23.6. The van der Waals surface area contributed by atoms with Crippen LogP contribution in [0.5, 0.6) is 11.5 Å². The van der Waals surface area contributed by atoms with E-state index in [1.165, 1.54) is 0 Å². The van der Waals surface area contributed by atoms with Crippen molar-refractivity contribution in [1.82, 2.24) is 4.98 Å². The molecule has 5 nitrogen and oxygen atoms in total. The topological polar surface area (TPSA) is 72.6 Å². The average molecular weight is 436 g/mol. The van der Waals surface area contributed by atoms with E-state index in [1.54, 1.807) is 30.5 Å². The third kappa shape index (κ3) is 5.58. The highest BCUT2D eigenvalue weighted by Gasteiger charge is 2.27. The summed E-state index contributed by atoms with van der Waals surface area (Å²) in [7, 11) is 0. The zero-order chi connectivity index (χ0) is 23.5. The number of hydrogen-bond acceptors (Lipinski definition) is 5. The Morgan fingerprint density at radius 3 is 2.12 bits per heavy atom.